The summed E-state index contributed by atoms with van der Waals surface area (Å²) in [4.78, 5) is 138. The van der Waals surface area contributed by atoms with Crippen LogP contribution in [-0.2, 0) is 59.2 Å². The molecule has 1 rings (SSSR count). The van der Waals surface area contributed by atoms with Gasteiger partial charge in [-0.2, -0.15) is 0 Å². The van der Waals surface area contributed by atoms with E-state index in [1.807, 2.05) is 0 Å². The first kappa shape index (κ1) is 51.6. The molecule has 0 fully saturated rings. The molecule has 13 N–H and O–H groups in total. The van der Waals surface area contributed by atoms with Crippen molar-refractivity contribution in [3.63, 3.8) is 0 Å². The Kier molecular flexibility index (Phi) is 20.5. The number of carbonyl (C=O) groups is 11. The summed E-state index contributed by atoms with van der Waals surface area (Å²) in [6.45, 7) is 9.98. The number of nitrogens with two attached hydrogens (primary N) is 2. The molecule has 0 aliphatic rings. The van der Waals surface area contributed by atoms with Gasteiger partial charge in [0.2, 0.25) is 35.4 Å². The molecule has 0 spiro atoms. The van der Waals surface area contributed by atoms with Gasteiger partial charge in [0, 0.05) is 19.3 Å². The average Bonchev–Trinajstić information content (AvgIpc) is 3.12. The monoisotopic (exact) mass is 848 g/mol. The molecule has 22 nitrogen and oxygen atoms in total. The van der Waals surface area contributed by atoms with Gasteiger partial charge in [0.25, 0.3) is 11.7 Å². The summed E-state index contributed by atoms with van der Waals surface area (Å²) in [5, 5.41) is 41.8. The molecule has 0 bridgehead atoms. The molecule has 332 valence electrons. The Morgan fingerprint density at radius 1 is 0.633 bits per heavy atom. The van der Waals surface area contributed by atoms with Gasteiger partial charge >= 0.3 is 17.9 Å². The van der Waals surface area contributed by atoms with Crippen LogP contribution in [0.1, 0.15) is 84.3 Å². The summed E-state index contributed by atoms with van der Waals surface area (Å²) in [6.07, 6.45) is -5.49. The zero-order chi connectivity index (χ0) is 46.1. The number of ketones is 1. The number of aryl methyl sites for hydroxylation is 1. The number of primary amides is 1. The van der Waals surface area contributed by atoms with E-state index < -0.39 is 139 Å². The first-order valence-corrected chi connectivity index (χ1v) is 18.8. The largest absolute Gasteiger partial charge is 0.481 e. The van der Waals surface area contributed by atoms with Gasteiger partial charge in [0.15, 0.2) is 0 Å². The van der Waals surface area contributed by atoms with E-state index in [4.69, 9.17) is 16.6 Å². The van der Waals surface area contributed by atoms with Crippen LogP contribution in [0.3, 0.4) is 0 Å². The third kappa shape index (κ3) is 18.4. The number of benzene rings is 1. The number of hydrogen-bond acceptors (Lipinski definition) is 12. The Labute approximate surface area is 345 Å². The SMILES string of the molecule is Cc1ccccc1C[C@H](NC(=O)[C@H](CCC(=O)O)NC(=O)[C@H](CC(=O)O)NC(=O)CCC(=O)O)C(=O)N[C@H](C(=O)N[C@@H](CC(C)C)C(=O)N[C@H](N)C(=O)C(N)=O)C(C)(C)C. The molecule has 0 unspecified atom stereocenters. The normalized spacial score (nSPS) is 14.1. The second kappa shape index (κ2) is 23.8. The number of Topliss-reactive ketones (excluding diaryl/α,β-unsaturated/α-hetero) is 1. The highest BCUT2D eigenvalue weighted by Crippen LogP contribution is 2.21. The molecule has 0 aliphatic heterocycles. The number of carbonyl (C=O) groups excluding carboxylic acids is 8. The zero-order valence-electron chi connectivity index (χ0n) is 34.3. The van der Waals surface area contributed by atoms with Crippen molar-refractivity contribution >= 4 is 65.0 Å². The third-order valence-corrected chi connectivity index (χ3v) is 8.77. The van der Waals surface area contributed by atoms with Crippen LogP contribution in [0.4, 0.5) is 0 Å². The number of aliphatic carboxylic acids is 3. The van der Waals surface area contributed by atoms with Gasteiger partial charge in [0.1, 0.15) is 36.4 Å². The van der Waals surface area contributed by atoms with Gasteiger partial charge < -0.3 is 58.7 Å². The number of carboxylic acids is 3. The summed E-state index contributed by atoms with van der Waals surface area (Å²) in [5.74, 6) is -13.2. The van der Waals surface area contributed by atoms with E-state index in [9.17, 15) is 63.0 Å². The van der Waals surface area contributed by atoms with Crippen molar-refractivity contribution in [1.82, 2.24) is 31.9 Å². The number of hydrogen-bond donors (Lipinski definition) is 11. The summed E-state index contributed by atoms with van der Waals surface area (Å²) < 4.78 is 0. The van der Waals surface area contributed by atoms with Crippen molar-refractivity contribution in [2.45, 2.75) is 123 Å². The topological polar surface area (TPSA) is 373 Å². The quantitative estimate of drug-likeness (QED) is 0.0365. The van der Waals surface area contributed by atoms with Crippen LogP contribution in [0, 0.1) is 18.3 Å². The molecule has 0 aromatic heterocycles. The fraction of sp³-hybridized carbons (Fsp3) is 0.553. The first-order valence-electron chi connectivity index (χ1n) is 18.8. The molecule has 0 aliphatic carbocycles. The average molecular weight is 849 g/mol. The van der Waals surface area contributed by atoms with Crippen molar-refractivity contribution in [3.05, 3.63) is 35.4 Å². The zero-order valence-corrected chi connectivity index (χ0v) is 34.3. The second-order valence-corrected chi connectivity index (χ2v) is 15.5. The Hall–Kier alpha value is -6.45. The van der Waals surface area contributed by atoms with Crippen molar-refractivity contribution < 1.29 is 68.1 Å². The fourth-order valence-corrected chi connectivity index (χ4v) is 5.57. The van der Waals surface area contributed by atoms with Crippen molar-refractivity contribution in [1.29, 1.82) is 0 Å². The van der Waals surface area contributed by atoms with E-state index in [1.165, 1.54) is 0 Å². The van der Waals surface area contributed by atoms with Gasteiger partial charge in [-0.15, -0.1) is 0 Å². The molecular weight excluding hydrogens is 792 g/mol. The van der Waals surface area contributed by atoms with Crippen LogP contribution in [0.5, 0.6) is 0 Å². The predicted octanol–water partition coefficient (Wildman–Crippen LogP) is -2.29. The van der Waals surface area contributed by atoms with Gasteiger partial charge in [-0.3, -0.25) is 52.7 Å². The van der Waals surface area contributed by atoms with Crippen LogP contribution < -0.4 is 43.4 Å². The number of rotatable bonds is 25. The molecule has 6 atom stereocenters. The highest BCUT2D eigenvalue weighted by Gasteiger charge is 2.38. The summed E-state index contributed by atoms with van der Waals surface area (Å²) >= 11 is 0. The fourth-order valence-electron chi connectivity index (χ4n) is 5.57. The third-order valence-electron chi connectivity index (χ3n) is 8.77. The minimum absolute atomic E-state index is 0.0224. The lowest BCUT2D eigenvalue weighted by Gasteiger charge is -2.33. The maximum absolute atomic E-state index is 14.2. The Morgan fingerprint density at radius 3 is 1.67 bits per heavy atom. The molecule has 0 heterocycles. The lowest BCUT2D eigenvalue weighted by atomic mass is 9.85. The predicted molar refractivity (Wildman–Crippen MR) is 210 cm³/mol. The molecular formula is C38H56N8O14. The Bertz CT molecular complexity index is 1790. The Morgan fingerprint density at radius 2 is 1.15 bits per heavy atom. The Balaban J connectivity index is 3.56. The smallest absolute Gasteiger partial charge is 0.305 e. The molecule has 60 heavy (non-hydrogen) atoms. The maximum atomic E-state index is 14.2. The van der Waals surface area contributed by atoms with E-state index in [1.54, 1.807) is 65.8 Å². The second-order valence-electron chi connectivity index (χ2n) is 15.5. The van der Waals surface area contributed by atoms with E-state index in [0.717, 1.165) is 0 Å². The van der Waals surface area contributed by atoms with Gasteiger partial charge in [-0.05, 0) is 42.2 Å². The van der Waals surface area contributed by atoms with Gasteiger partial charge in [-0.25, -0.2) is 0 Å². The minimum atomic E-state index is -1.82. The van der Waals surface area contributed by atoms with E-state index in [-0.39, 0.29) is 18.8 Å². The van der Waals surface area contributed by atoms with E-state index >= 15 is 0 Å². The summed E-state index contributed by atoms with van der Waals surface area (Å²) in [6, 6.07) is -1.02. The van der Waals surface area contributed by atoms with Crippen LogP contribution >= 0.6 is 0 Å². The molecule has 0 saturated carbocycles. The van der Waals surface area contributed by atoms with E-state index in [0.29, 0.717) is 11.1 Å². The van der Waals surface area contributed by atoms with Crippen LogP contribution in [0.2, 0.25) is 0 Å². The first-order chi connectivity index (χ1) is 27.7. The minimum Gasteiger partial charge on any atom is -0.481 e. The lowest BCUT2D eigenvalue weighted by Crippen LogP contribution is -2.63. The molecule has 1 aromatic rings. The number of carboxylic acid groups (broad SMARTS) is 3. The molecule has 7 amide bonds. The number of nitrogens with one attached hydrogen (secondary N) is 6. The lowest BCUT2D eigenvalue weighted by molar-refractivity contribution is -0.142. The van der Waals surface area contributed by atoms with Crippen LogP contribution in [0.25, 0.3) is 0 Å². The van der Waals surface area contributed by atoms with Crippen molar-refractivity contribution in [3.8, 4) is 0 Å². The van der Waals surface area contributed by atoms with Crippen molar-refractivity contribution in [2.75, 3.05) is 0 Å². The standard InChI is InChI=1S/C38H56N8O14/c1-18(2)15-22(36(59)46-31(39)29(54)32(40)55)44-37(60)30(38(4,5)6)45-35(58)23(16-20-10-8-7-9-19(20)3)43-33(56)21(11-13-26(48)49)42-34(57)24(17-28(52)53)41-25(47)12-14-27(50)51/h7-10,18,21-24,30-31H,11-17,39H2,1-6H3,(H2,40,55)(H,41,47)(H,42,57)(H,43,56)(H,44,60)(H,45,58)(H,46,59)(H,48,49)(H,50,51)(H,52,53)/t21-,22-,23-,24-,30+,31-/m0/s1. The van der Waals surface area contributed by atoms with Crippen molar-refractivity contribution in [2.24, 2.45) is 22.8 Å². The van der Waals surface area contributed by atoms with Gasteiger partial charge in [0.05, 0.1) is 12.8 Å². The maximum Gasteiger partial charge on any atom is 0.305 e. The van der Waals surface area contributed by atoms with Gasteiger partial charge in [-0.1, -0.05) is 58.9 Å². The summed E-state index contributed by atoms with van der Waals surface area (Å²) in [7, 11) is 0. The molecule has 0 saturated heterocycles. The molecule has 0 radical (unpaired) electrons. The highest BCUT2D eigenvalue weighted by molar-refractivity contribution is 6.37. The van der Waals surface area contributed by atoms with Crippen LogP contribution in [-0.4, -0.2) is 117 Å². The van der Waals surface area contributed by atoms with E-state index in [2.05, 4.69) is 31.9 Å². The number of amides is 7. The molecule has 22 heteroatoms. The van der Waals surface area contributed by atoms with Crippen LogP contribution in [0.15, 0.2) is 24.3 Å². The molecule has 1 aromatic carbocycles. The highest BCUT2D eigenvalue weighted by atomic mass is 16.4. The summed E-state index contributed by atoms with van der Waals surface area (Å²) in [5.41, 5.74) is 10.8.